The van der Waals surface area contributed by atoms with Crippen molar-refractivity contribution in [2.24, 2.45) is 0 Å². The van der Waals surface area contributed by atoms with Crippen LogP contribution in [0.5, 0.6) is 0 Å². The quantitative estimate of drug-likeness (QED) is 0.500. The third-order valence-electron chi connectivity index (χ3n) is 3.63. The van der Waals surface area contributed by atoms with Crippen LogP contribution in [0.2, 0.25) is 0 Å². The van der Waals surface area contributed by atoms with E-state index in [1.807, 2.05) is 0 Å². The maximum Gasteiger partial charge on any atom is 0.419 e. The van der Waals surface area contributed by atoms with Gasteiger partial charge in [-0.3, -0.25) is 4.55 Å². The second-order valence-electron chi connectivity index (χ2n) is 5.27. The van der Waals surface area contributed by atoms with Crippen molar-refractivity contribution in [1.82, 2.24) is 0 Å². The van der Waals surface area contributed by atoms with Gasteiger partial charge < -0.3 is 4.79 Å². The van der Waals surface area contributed by atoms with E-state index >= 15 is 0 Å². The lowest BCUT2D eigenvalue weighted by atomic mass is 9.93. The molecule has 0 atom stereocenters. The molecule has 25 heavy (non-hydrogen) atoms. The van der Waals surface area contributed by atoms with Crippen LogP contribution in [0.15, 0.2) is 35.2 Å². The molecule has 134 valence electrons. The number of rotatable bonds is 4. The lowest BCUT2D eigenvalue weighted by Crippen LogP contribution is -2.10. The van der Waals surface area contributed by atoms with E-state index < -0.39 is 32.6 Å². The zero-order valence-electron chi connectivity index (χ0n) is 12.8. The number of benzene rings is 2. The van der Waals surface area contributed by atoms with Gasteiger partial charge >= 0.3 is 6.18 Å². The van der Waals surface area contributed by atoms with Gasteiger partial charge in [-0.1, -0.05) is 12.1 Å². The van der Waals surface area contributed by atoms with Crippen molar-refractivity contribution in [3.63, 3.8) is 0 Å². The molecule has 0 spiro atoms. The molecular formula is C16H12F4O4S. The summed E-state index contributed by atoms with van der Waals surface area (Å²) in [6, 6.07) is 4.30. The average Bonchev–Trinajstić information content (AvgIpc) is 2.47. The van der Waals surface area contributed by atoms with Crippen LogP contribution < -0.4 is 0 Å². The molecule has 2 aromatic carbocycles. The predicted octanol–water partition coefficient (Wildman–Crippen LogP) is 3.81. The Balaban J connectivity index is 2.91. The first-order valence-electron chi connectivity index (χ1n) is 6.87. The highest BCUT2D eigenvalue weighted by Crippen LogP contribution is 2.38. The molecule has 9 heteroatoms. The number of carbonyl (C=O) groups excluding carboxylic acids is 1. The van der Waals surface area contributed by atoms with E-state index in [1.165, 1.54) is 13.0 Å². The van der Waals surface area contributed by atoms with Crippen molar-refractivity contribution in [1.29, 1.82) is 0 Å². The van der Waals surface area contributed by atoms with Gasteiger partial charge in [0.2, 0.25) is 0 Å². The number of hydrogen-bond acceptors (Lipinski definition) is 3. The zero-order chi connectivity index (χ0) is 19.0. The lowest BCUT2D eigenvalue weighted by molar-refractivity contribution is -0.139. The molecule has 0 fully saturated rings. The molecule has 0 radical (unpaired) electrons. The first-order valence-corrected chi connectivity index (χ1v) is 8.31. The largest absolute Gasteiger partial charge is 0.419 e. The summed E-state index contributed by atoms with van der Waals surface area (Å²) in [6.07, 6.45) is -4.83. The minimum absolute atomic E-state index is 0.129. The molecule has 0 unspecified atom stereocenters. The fraction of sp³-hybridized carbons (Fsp3) is 0.188. The molecule has 2 aromatic rings. The van der Waals surface area contributed by atoms with Crippen molar-refractivity contribution in [3.05, 3.63) is 52.8 Å². The highest BCUT2D eigenvalue weighted by atomic mass is 32.2. The van der Waals surface area contributed by atoms with Crippen LogP contribution in [-0.4, -0.2) is 19.3 Å². The summed E-state index contributed by atoms with van der Waals surface area (Å²) in [4.78, 5) is 10.2. The van der Waals surface area contributed by atoms with Gasteiger partial charge in [-0.2, -0.15) is 21.6 Å². The number of halogens is 4. The molecule has 0 saturated heterocycles. The third kappa shape index (κ3) is 3.88. The van der Waals surface area contributed by atoms with E-state index in [-0.39, 0.29) is 23.1 Å². The van der Waals surface area contributed by atoms with Crippen LogP contribution in [0.25, 0.3) is 11.1 Å². The van der Waals surface area contributed by atoms with Crippen molar-refractivity contribution in [3.8, 4) is 11.1 Å². The van der Waals surface area contributed by atoms with Crippen LogP contribution >= 0.6 is 0 Å². The highest BCUT2D eigenvalue weighted by Gasteiger charge is 2.35. The Bertz CT molecular complexity index is 934. The molecular weight excluding hydrogens is 364 g/mol. The smallest absolute Gasteiger partial charge is 0.303 e. The van der Waals surface area contributed by atoms with E-state index in [0.717, 1.165) is 12.1 Å². The van der Waals surface area contributed by atoms with Gasteiger partial charge in [-0.15, -0.1) is 0 Å². The SMILES string of the molecule is Cc1ccc(S(=O)(=O)O)c(-c2ccc(F)c(C(F)(F)F)c2)c1CC=O. The summed E-state index contributed by atoms with van der Waals surface area (Å²) in [5.41, 5.74) is -1.55. The maximum atomic E-state index is 13.5. The summed E-state index contributed by atoms with van der Waals surface area (Å²) >= 11 is 0. The Morgan fingerprint density at radius 1 is 1.16 bits per heavy atom. The minimum atomic E-state index is -4.99. The van der Waals surface area contributed by atoms with E-state index in [4.69, 9.17) is 0 Å². The molecule has 0 bridgehead atoms. The minimum Gasteiger partial charge on any atom is -0.303 e. The Labute approximate surface area is 140 Å². The topological polar surface area (TPSA) is 71.4 Å². The molecule has 0 aromatic heterocycles. The Morgan fingerprint density at radius 2 is 1.80 bits per heavy atom. The predicted molar refractivity (Wildman–Crippen MR) is 81.2 cm³/mol. The van der Waals surface area contributed by atoms with Crippen LogP contribution in [0.3, 0.4) is 0 Å². The second kappa shape index (κ2) is 6.57. The average molecular weight is 376 g/mol. The molecule has 0 aliphatic carbocycles. The van der Waals surface area contributed by atoms with Crippen molar-refractivity contribution < 1.29 is 35.3 Å². The monoisotopic (exact) mass is 376 g/mol. The second-order valence-corrected chi connectivity index (χ2v) is 6.66. The van der Waals surface area contributed by atoms with E-state index in [9.17, 15) is 35.3 Å². The molecule has 0 heterocycles. The summed E-state index contributed by atoms with van der Waals surface area (Å²) in [6.45, 7) is 1.53. The van der Waals surface area contributed by atoms with Gasteiger partial charge in [-0.05, 0) is 41.8 Å². The van der Waals surface area contributed by atoms with Crippen molar-refractivity contribution in [2.75, 3.05) is 0 Å². The summed E-state index contributed by atoms with van der Waals surface area (Å²) in [5.74, 6) is -1.52. The van der Waals surface area contributed by atoms with E-state index in [0.29, 0.717) is 24.0 Å². The van der Waals surface area contributed by atoms with Crippen LogP contribution in [0.1, 0.15) is 16.7 Å². The molecule has 0 amide bonds. The van der Waals surface area contributed by atoms with Gasteiger partial charge in [0, 0.05) is 12.0 Å². The first kappa shape index (κ1) is 19.1. The van der Waals surface area contributed by atoms with Gasteiger partial charge in [0.25, 0.3) is 10.1 Å². The molecule has 2 rings (SSSR count). The summed E-state index contributed by atoms with van der Waals surface area (Å²) < 4.78 is 84.9. The molecule has 0 saturated carbocycles. The zero-order valence-corrected chi connectivity index (χ0v) is 13.6. The van der Waals surface area contributed by atoms with Crippen molar-refractivity contribution in [2.45, 2.75) is 24.4 Å². The van der Waals surface area contributed by atoms with E-state index in [1.54, 1.807) is 0 Å². The first-order chi connectivity index (χ1) is 11.5. The fourth-order valence-electron chi connectivity index (χ4n) is 2.51. The Kier molecular flexibility index (Phi) is 5.01. The van der Waals surface area contributed by atoms with Crippen molar-refractivity contribution >= 4 is 16.4 Å². The van der Waals surface area contributed by atoms with Crippen LogP contribution in [0.4, 0.5) is 17.6 Å². The lowest BCUT2D eigenvalue weighted by Gasteiger charge is -2.16. The molecule has 1 N–H and O–H groups in total. The van der Waals surface area contributed by atoms with E-state index in [2.05, 4.69) is 0 Å². The number of aldehydes is 1. The fourth-order valence-corrected chi connectivity index (χ4v) is 3.25. The molecule has 4 nitrogen and oxygen atoms in total. The summed E-state index contributed by atoms with van der Waals surface area (Å²) in [5, 5.41) is 0. The number of hydrogen-bond donors (Lipinski definition) is 1. The van der Waals surface area contributed by atoms with Gasteiger partial charge in [0.1, 0.15) is 17.0 Å². The molecule has 0 aliphatic heterocycles. The third-order valence-corrected chi connectivity index (χ3v) is 4.53. The van der Waals surface area contributed by atoms with Crippen LogP contribution in [-0.2, 0) is 27.5 Å². The van der Waals surface area contributed by atoms with Gasteiger partial charge in [0.05, 0.1) is 5.56 Å². The van der Waals surface area contributed by atoms with Gasteiger partial charge in [-0.25, -0.2) is 4.39 Å². The number of alkyl halides is 3. The highest BCUT2D eigenvalue weighted by molar-refractivity contribution is 7.86. The maximum absolute atomic E-state index is 13.5. The standard InChI is InChI=1S/C16H12F4O4S/c1-9-2-5-14(25(22,23)24)15(11(9)6-7-21)10-3-4-13(17)12(8-10)16(18,19)20/h2-5,7-8H,6H2,1H3,(H,22,23,24). The number of aryl methyl sites for hydroxylation is 1. The Morgan fingerprint density at radius 3 is 2.32 bits per heavy atom. The summed E-state index contributed by atoms with van der Waals surface area (Å²) in [7, 11) is -4.79. The Hall–Kier alpha value is -2.26. The number of carbonyl (C=O) groups is 1. The molecule has 0 aliphatic rings. The van der Waals surface area contributed by atoms with Crippen LogP contribution in [0, 0.1) is 12.7 Å². The normalized spacial score (nSPS) is 12.2. The van der Waals surface area contributed by atoms with Gasteiger partial charge in [0.15, 0.2) is 0 Å².